The van der Waals surface area contributed by atoms with Gasteiger partial charge in [0.1, 0.15) is 0 Å². The topological polar surface area (TPSA) is 84.5 Å². The maximum absolute atomic E-state index is 10.9. The monoisotopic (exact) mass is 241 g/mol. The van der Waals surface area contributed by atoms with Gasteiger partial charge in [0.2, 0.25) is 0 Å². The molecule has 0 atom stereocenters. The van der Waals surface area contributed by atoms with E-state index in [-0.39, 0.29) is 0 Å². The number of rotatable bonds is 2. The number of primary amides is 1. The molecule has 0 aliphatic heterocycles. The van der Waals surface area contributed by atoms with Crippen molar-refractivity contribution in [3.8, 4) is 0 Å². The van der Waals surface area contributed by atoms with E-state index in [0.29, 0.717) is 0 Å². The first kappa shape index (κ1) is 11.8. The summed E-state index contributed by atoms with van der Waals surface area (Å²) in [4.78, 5) is 21.4. The number of benzene rings is 2. The molecule has 0 radical (unpaired) electrons. The van der Waals surface area contributed by atoms with Gasteiger partial charge in [-0.3, -0.25) is 9.59 Å². The number of hydrogen-bond acceptors (Lipinski definition) is 3. The van der Waals surface area contributed by atoms with E-state index in [1.807, 2.05) is 42.5 Å². The lowest BCUT2D eigenvalue weighted by Crippen LogP contribution is -2.32. The molecule has 90 valence electrons. The maximum Gasteiger partial charge on any atom is 0.329 e. The molecule has 0 spiro atoms. The highest BCUT2D eigenvalue weighted by atomic mass is 16.2. The smallest absolute Gasteiger partial charge is 0.329 e. The Morgan fingerprint density at radius 2 is 1.83 bits per heavy atom. The van der Waals surface area contributed by atoms with Crippen molar-refractivity contribution in [2.45, 2.75) is 0 Å². The zero-order chi connectivity index (χ0) is 13.0. The molecule has 2 amide bonds. The van der Waals surface area contributed by atoms with Crippen LogP contribution in [0.2, 0.25) is 0 Å². The zero-order valence-corrected chi connectivity index (χ0v) is 9.46. The number of nitrogens with zero attached hydrogens (tertiary/aromatic N) is 1. The van der Waals surface area contributed by atoms with Crippen LogP contribution >= 0.6 is 0 Å². The van der Waals surface area contributed by atoms with Crippen LogP contribution in [0, 0.1) is 0 Å². The molecule has 0 bridgehead atoms. The molecule has 5 heteroatoms. The Hall–Kier alpha value is -2.69. The van der Waals surface area contributed by atoms with Gasteiger partial charge in [-0.05, 0) is 10.8 Å². The highest BCUT2D eigenvalue weighted by molar-refractivity contribution is 6.34. The van der Waals surface area contributed by atoms with Gasteiger partial charge in [0.15, 0.2) is 0 Å². The van der Waals surface area contributed by atoms with Crippen LogP contribution in [0.25, 0.3) is 10.8 Å². The van der Waals surface area contributed by atoms with Gasteiger partial charge in [-0.2, -0.15) is 5.10 Å². The normalized spacial score (nSPS) is 10.7. The summed E-state index contributed by atoms with van der Waals surface area (Å²) in [6.07, 6.45) is 1.48. The fourth-order valence-corrected chi connectivity index (χ4v) is 1.58. The van der Waals surface area contributed by atoms with Gasteiger partial charge >= 0.3 is 11.8 Å². The van der Waals surface area contributed by atoms with E-state index in [2.05, 4.69) is 10.5 Å². The summed E-state index contributed by atoms with van der Waals surface area (Å²) in [6, 6.07) is 13.5. The second kappa shape index (κ2) is 5.09. The van der Waals surface area contributed by atoms with Crippen LogP contribution in [-0.2, 0) is 9.59 Å². The molecule has 0 aromatic heterocycles. The number of carbonyl (C=O) groups is 2. The third-order valence-corrected chi connectivity index (χ3v) is 2.42. The summed E-state index contributed by atoms with van der Waals surface area (Å²) in [5.41, 5.74) is 7.68. The number of fused-ring (bicyclic) bond motifs is 1. The lowest BCUT2D eigenvalue weighted by atomic mass is 10.1. The SMILES string of the molecule is NC(=O)C(=O)N/N=C/c1cccc2ccccc12. The first-order valence-electron chi connectivity index (χ1n) is 5.29. The second-order valence-electron chi connectivity index (χ2n) is 3.63. The Morgan fingerprint density at radius 1 is 1.11 bits per heavy atom. The van der Waals surface area contributed by atoms with E-state index in [0.717, 1.165) is 16.3 Å². The molecule has 3 N–H and O–H groups in total. The number of nitrogens with one attached hydrogen (secondary N) is 1. The fraction of sp³-hybridized carbons (Fsp3) is 0. The van der Waals surface area contributed by atoms with Crippen LogP contribution in [0.3, 0.4) is 0 Å². The van der Waals surface area contributed by atoms with Gasteiger partial charge in [0, 0.05) is 5.56 Å². The lowest BCUT2D eigenvalue weighted by molar-refractivity contribution is -0.137. The lowest BCUT2D eigenvalue weighted by Gasteiger charge is -2.01. The predicted molar refractivity (Wildman–Crippen MR) is 68.9 cm³/mol. The molecule has 5 nitrogen and oxygen atoms in total. The van der Waals surface area contributed by atoms with Gasteiger partial charge < -0.3 is 5.73 Å². The number of carbonyl (C=O) groups excluding carboxylic acids is 2. The summed E-state index contributed by atoms with van der Waals surface area (Å²) < 4.78 is 0. The van der Waals surface area contributed by atoms with Gasteiger partial charge in [0.05, 0.1) is 6.21 Å². The Bertz CT molecular complexity index is 630. The molecule has 2 rings (SSSR count). The van der Waals surface area contributed by atoms with E-state index < -0.39 is 11.8 Å². The zero-order valence-electron chi connectivity index (χ0n) is 9.46. The summed E-state index contributed by atoms with van der Waals surface area (Å²) >= 11 is 0. The van der Waals surface area contributed by atoms with Crippen molar-refractivity contribution in [2.24, 2.45) is 10.8 Å². The maximum atomic E-state index is 10.9. The summed E-state index contributed by atoms with van der Waals surface area (Å²) in [6.45, 7) is 0. The molecule has 0 saturated carbocycles. The molecule has 0 fully saturated rings. The summed E-state index contributed by atoms with van der Waals surface area (Å²) in [5.74, 6) is -2.00. The average molecular weight is 241 g/mol. The molecule has 18 heavy (non-hydrogen) atoms. The molecule has 0 saturated heterocycles. The molecular weight excluding hydrogens is 230 g/mol. The Kier molecular flexibility index (Phi) is 3.33. The van der Waals surface area contributed by atoms with Gasteiger partial charge in [-0.25, -0.2) is 5.43 Å². The summed E-state index contributed by atoms with van der Waals surface area (Å²) in [5, 5.41) is 5.77. The minimum Gasteiger partial charge on any atom is -0.361 e. The Balaban J connectivity index is 2.24. The predicted octanol–water partition coefficient (Wildman–Crippen LogP) is 0.775. The van der Waals surface area contributed by atoms with Crippen molar-refractivity contribution in [3.63, 3.8) is 0 Å². The van der Waals surface area contributed by atoms with E-state index in [4.69, 9.17) is 5.73 Å². The molecule has 2 aromatic rings. The number of amides is 2. The third-order valence-electron chi connectivity index (χ3n) is 2.42. The van der Waals surface area contributed by atoms with Crippen LogP contribution in [0.4, 0.5) is 0 Å². The minimum atomic E-state index is -1.06. The largest absolute Gasteiger partial charge is 0.361 e. The van der Waals surface area contributed by atoms with Gasteiger partial charge in [-0.1, -0.05) is 42.5 Å². The van der Waals surface area contributed by atoms with Crippen molar-refractivity contribution >= 4 is 28.8 Å². The van der Waals surface area contributed by atoms with Crippen LogP contribution in [0.15, 0.2) is 47.6 Å². The highest BCUT2D eigenvalue weighted by Crippen LogP contribution is 2.16. The van der Waals surface area contributed by atoms with E-state index in [1.54, 1.807) is 0 Å². The van der Waals surface area contributed by atoms with E-state index in [9.17, 15) is 9.59 Å². The molecule has 0 aliphatic rings. The number of hydrogen-bond donors (Lipinski definition) is 2. The second-order valence-corrected chi connectivity index (χ2v) is 3.63. The van der Waals surface area contributed by atoms with Crippen molar-refractivity contribution in [1.29, 1.82) is 0 Å². The molecular formula is C13H11N3O2. The number of nitrogens with two attached hydrogens (primary N) is 1. The van der Waals surface area contributed by atoms with Crippen molar-refractivity contribution in [3.05, 3.63) is 48.0 Å². The molecule has 0 aliphatic carbocycles. The highest BCUT2D eigenvalue weighted by Gasteiger charge is 2.05. The first-order valence-corrected chi connectivity index (χ1v) is 5.29. The van der Waals surface area contributed by atoms with Crippen LogP contribution in [0.5, 0.6) is 0 Å². The molecule has 2 aromatic carbocycles. The minimum absolute atomic E-state index is 0.845. The Morgan fingerprint density at radius 3 is 2.61 bits per heavy atom. The molecule has 0 heterocycles. The summed E-state index contributed by atoms with van der Waals surface area (Å²) in [7, 11) is 0. The standard InChI is InChI=1S/C13H11N3O2/c14-12(17)13(18)16-15-8-10-6-3-5-9-4-1-2-7-11(9)10/h1-8H,(H2,14,17)(H,16,18)/b15-8+. The average Bonchev–Trinajstić information content (AvgIpc) is 2.38. The van der Waals surface area contributed by atoms with Crippen molar-refractivity contribution in [1.82, 2.24) is 5.43 Å². The van der Waals surface area contributed by atoms with Crippen LogP contribution in [-0.4, -0.2) is 18.0 Å². The first-order chi connectivity index (χ1) is 8.68. The molecule has 0 unspecified atom stereocenters. The van der Waals surface area contributed by atoms with Crippen molar-refractivity contribution < 1.29 is 9.59 Å². The fourth-order valence-electron chi connectivity index (χ4n) is 1.58. The Labute approximate surface area is 103 Å². The van der Waals surface area contributed by atoms with E-state index >= 15 is 0 Å². The quantitative estimate of drug-likeness (QED) is 0.462. The number of hydrazone groups is 1. The van der Waals surface area contributed by atoms with Crippen molar-refractivity contribution in [2.75, 3.05) is 0 Å². The van der Waals surface area contributed by atoms with Gasteiger partial charge in [0.25, 0.3) is 0 Å². The van der Waals surface area contributed by atoms with Gasteiger partial charge in [-0.15, -0.1) is 0 Å². The van der Waals surface area contributed by atoms with Crippen LogP contribution in [0.1, 0.15) is 5.56 Å². The third kappa shape index (κ3) is 2.52. The van der Waals surface area contributed by atoms with E-state index in [1.165, 1.54) is 6.21 Å². The van der Waals surface area contributed by atoms with Crippen LogP contribution < -0.4 is 11.2 Å².